The quantitative estimate of drug-likeness (QED) is 0.848. The maximum absolute atomic E-state index is 9.14. The summed E-state index contributed by atoms with van der Waals surface area (Å²) in [6, 6.07) is 2.14. The molecule has 4 nitrogen and oxygen atoms in total. The van der Waals surface area contributed by atoms with Gasteiger partial charge in [-0.25, -0.2) is 0 Å². The molecule has 1 aromatic rings. The highest BCUT2D eigenvalue weighted by atomic mass is 16.3. The first-order chi connectivity index (χ1) is 10.8. The molecule has 0 radical (unpaired) electrons. The Hall–Kier alpha value is -1.13. The molecule has 2 aliphatic carbocycles. The van der Waals surface area contributed by atoms with E-state index < -0.39 is 0 Å². The van der Waals surface area contributed by atoms with E-state index in [2.05, 4.69) is 28.2 Å². The van der Waals surface area contributed by atoms with Crippen molar-refractivity contribution in [1.82, 2.24) is 14.7 Å². The Morgan fingerprint density at radius 1 is 1.18 bits per heavy atom. The van der Waals surface area contributed by atoms with E-state index in [0.29, 0.717) is 12.5 Å². The van der Waals surface area contributed by atoms with E-state index >= 15 is 0 Å². The number of aliphatic hydroxyl groups excluding tert-OH is 1. The van der Waals surface area contributed by atoms with Gasteiger partial charge in [0, 0.05) is 24.4 Å². The molecule has 1 saturated heterocycles. The zero-order valence-corrected chi connectivity index (χ0v) is 13.3. The van der Waals surface area contributed by atoms with Gasteiger partial charge in [0.25, 0.3) is 0 Å². The topological polar surface area (TPSA) is 41.3 Å². The van der Waals surface area contributed by atoms with Crippen molar-refractivity contribution in [1.29, 1.82) is 0 Å². The SMILES string of the molecule is OCCn1nccc1C1CCN(CC2CC3C=CC2C3)CC1. The Labute approximate surface area is 132 Å². The minimum Gasteiger partial charge on any atom is -0.394 e. The highest BCUT2D eigenvalue weighted by molar-refractivity contribution is 5.11. The third-order valence-electron chi connectivity index (χ3n) is 5.98. The van der Waals surface area contributed by atoms with Crippen LogP contribution in [0.1, 0.15) is 37.3 Å². The molecule has 4 heteroatoms. The molecule has 120 valence electrons. The maximum Gasteiger partial charge on any atom is 0.0644 e. The van der Waals surface area contributed by atoms with Gasteiger partial charge in [0.2, 0.25) is 0 Å². The van der Waals surface area contributed by atoms with E-state index in [0.717, 1.165) is 17.8 Å². The van der Waals surface area contributed by atoms with Crippen molar-refractivity contribution in [2.45, 2.75) is 38.1 Å². The second kappa shape index (κ2) is 6.17. The minimum atomic E-state index is 0.172. The highest BCUT2D eigenvalue weighted by Crippen LogP contribution is 2.44. The normalized spacial score (nSPS) is 32.1. The Balaban J connectivity index is 1.31. The highest BCUT2D eigenvalue weighted by Gasteiger charge is 2.36. The molecular formula is C18H27N3O. The van der Waals surface area contributed by atoms with Gasteiger partial charge in [0.15, 0.2) is 0 Å². The standard InChI is InChI=1S/C18H27N3O/c22-10-9-21-18(3-6-19-21)15-4-7-20(8-5-15)13-17-12-14-1-2-16(17)11-14/h1-3,6,14-17,22H,4-5,7-13H2. The third-order valence-corrected chi connectivity index (χ3v) is 5.98. The van der Waals surface area contributed by atoms with Crippen LogP contribution >= 0.6 is 0 Å². The van der Waals surface area contributed by atoms with Crippen molar-refractivity contribution in [3.8, 4) is 0 Å². The van der Waals surface area contributed by atoms with Gasteiger partial charge in [-0.15, -0.1) is 0 Å². The summed E-state index contributed by atoms with van der Waals surface area (Å²) in [5.74, 6) is 3.28. The van der Waals surface area contributed by atoms with Gasteiger partial charge in [-0.3, -0.25) is 4.68 Å². The lowest BCUT2D eigenvalue weighted by Gasteiger charge is -2.35. The second-order valence-corrected chi connectivity index (χ2v) is 7.32. The third kappa shape index (κ3) is 2.74. The average Bonchev–Trinajstić information content (AvgIpc) is 3.25. The number of hydrogen-bond donors (Lipinski definition) is 1. The van der Waals surface area contributed by atoms with E-state index in [4.69, 9.17) is 5.11 Å². The molecule has 3 unspecified atom stereocenters. The van der Waals surface area contributed by atoms with E-state index in [9.17, 15) is 0 Å². The molecule has 2 heterocycles. The van der Waals surface area contributed by atoms with Crippen LogP contribution in [0.15, 0.2) is 24.4 Å². The lowest BCUT2D eigenvalue weighted by Crippen LogP contribution is -2.37. The number of allylic oxidation sites excluding steroid dienone is 2. The van der Waals surface area contributed by atoms with Gasteiger partial charge in [-0.2, -0.15) is 5.10 Å². The fraction of sp³-hybridized carbons (Fsp3) is 0.722. The van der Waals surface area contributed by atoms with Crippen LogP contribution in [0.5, 0.6) is 0 Å². The van der Waals surface area contributed by atoms with Crippen LogP contribution in [0.25, 0.3) is 0 Å². The largest absolute Gasteiger partial charge is 0.394 e. The van der Waals surface area contributed by atoms with Crippen LogP contribution < -0.4 is 0 Å². The molecular weight excluding hydrogens is 274 g/mol. The Morgan fingerprint density at radius 2 is 2.05 bits per heavy atom. The van der Waals surface area contributed by atoms with Crippen LogP contribution in [0.2, 0.25) is 0 Å². The summed E-state index contributed by atoms with van der Waals surface area (Å²) >= 11 is 0. The first-order valence-corrected chi connectivity index (χ1v) is 8.86. The summed E-state index contributed by atoms with van der Waals surface area (Å²) in [6.07, 6.45) is 12.1. The van der Waals surface area contributed by atoms with Gasteiger partial charge in [-0.05, 0) is 62.6 Å². The van der Waals surface area contributed by atoms with Gasteiger partial charge >= 0.3 is 0 Å². The van der Waals surface area contributed by atoms with Crippen LogP contribution in [0.3, 0.4) is 0 Å². The van der Waals surface area contributed by atoms with Crippen LogP contribution in [-0.2, 0) is 6.54 Å². The summed E-state index contributed by atoms with van der Waals surface area (Å²) < 4.78 is 1.99. The van der Waals surface area contributed by atoms with Gasteiger partial charge in [0.05, 0.1) is 13.2 Å². The molecule has 1 aromatic heterocycles. The molecule has 2 fully saturated rings. The average molecular weight is 301 g/mol. The maximum atomic E-state index is 9.14. The second-order valence-electron chi connectivity index (χ2n) is 7.32. The lowest BCUT2D eigenvalue weighted by atomic mass is 9.90. The monoisotopic (exact) mass is 301 g/mol. The van der Waals surface area contributed by atoms with Crippen LogP contribution in [0, 0.1) is 17.8 Å². The summed E-state index contributed by atoms with van der Waals surface area (Å²) in [6.45, 7) is 4.53. The van der Waals surface area contributed by atoms with Crippen molar-refractivity contribution in [2.75, 3.05) is 26.2 Å². The first kappa shape index (κ1) is 14.5. The minimum absolute atomic E-state index is 0.172. The fourth-order valence-electron chi connectivity index (χ4n) is 4.82. The van der Waals surface area contributed by atoms with Crippen molar-refractivity contribution in [3.63, 3.8) is 0 Å². The molecule has 2 bridgehead atoms. The molecule has 1 saturated carbocycles. The Morgan fingerprint density at radius 3 is 2.73 bits per heavy atom. The number of fused-ring (bicyclic) bond motifs is 2. The molecule has 1 aliphatic heterocycles. The number of piperidine rings is 1. The molecule has 0 aromatic carbocycles. The predicted octanol–water partition coefficient (Wildman–Crippen LogP) is 2.27. The summed E-state index contributed by atoms with van der Waals surface area (Å²) in [7, 11) is 0. The first-order valence-electron chi connectivity index (χ1n) is 8.86. The van der Waals surface area contributed by atoms with Gasteiger partial charge in [0.1, 0.15) is 0 Å². The molecule has 1 N–H and O–H groups in total. The number of likely N-dealkylation sites (tertiary alicyclic amines) is 1. The van der Waals surface area contributed by atoms with E-state index in [1.165, 1.54) is 51.0 Å². The molecule has 4 rings (SSSR count). The van der Waals surface area contributed by atoms with Crippen molar-refractivity contribution < 1.29 is 5.11 Å². The zero-order chi connectivity index (χ0) is 14.9. The Bertz CT molecular complexity index is 530. The summed E-state index contributed by atoms with van der Waals surface area (Å²) in [4.78, 5) is 2.68. The number of nitrogens with zero attached hydrogens (tertiary/aromatic N) is 3. The van der Waals surface area contributed by atoms with Gasteiger partial charge < -0.3 is 10.0 Å². The molecule has 0 spiro atoms. The van der Waals surface area contributed by atoms with E-state index in [1.807, 2.05) is 10.9 Å². The number of rotatable bonds is 5. The van der Waals surface area contributed by atoms with E-state index in [1.54, 1.807) is 0 Å². The van der Waals surface area contributed by atoms with Gasteiger partial charge in [-0.1, -0.05) is 12.2 Å². The smallest absolute Gasteiger partial charge is 0.0644 e. The predicted molar refractivity (Wildman–Crippen MR) is 86.6 cm³/mol. The summed E-state index contributed by atoms with van der Waals surface area (Å²) in [5.41, 5.74) is 1.32. The van der Waals surface area contributed by atoms with E-state index in [-0.39, 0.29) is 6.61 Å². The van der Waals surface area contributed by atoms with Crippen molar-refractivity contribution in [3.05, 3.63) is 30.1 Å². The number of aromatic nitrogens is 2. The zero-order valence-electron chi connectivity index (χ0n) is 13.3. The fourth-order valence-corrected chi connectivity index (χ4v) is 4.82. The van der Waals surface area contributed by atoms with Crippen molar-refractivity contribution in [2.24, 2.45) is 17.8 Å². The molecule has 3 atom stereocenters. The number of aliphatic hydroxyl groups is 1. The van der Waals surface area contributed by atoms with Crippen LogP contribution in [0.4, 0.5) is 0 Å². The van der Waals surface area contributed by atoms with Crippen molar-refractivity contribution >= 4 is 0 Å². The summed E-state index contributed by atoms with van der Waals surface area (Å²) in [5, 5.41) is 13.5. The lowest BCUT2D eigenvalue weighted by molar-refractivity contribution is 0.169. The molecule has 3 aliphatic rings. The molecule has 0 amide bonds. The van der Waals surface area contributed by atoms with Crippen LogP contribution in [-0.4, -0.2) is 46.0 Å². The molecule has 22 heavy (non-hydrogen) atoms. The Kier molecular flexibility index (Phi) is 4.05. The number of hydrogen-bond acceptors (Lipinski definition) is 3.